The molecule has 4 nitrogen and oxygen atoms in total. The Kier molecular flexibility index (Phi) is 4.71. The zero-order chi connectivity index (χ0) is 12.1. The van der Waals surface area contributed by atoms with Crippen LogP contribution in [0.25, 0.3) is 0 Å². The molecule has 1 aromatic rings. The number of hydrogen-bond acceptors (Lipinski definition) is 3. The number of carbonyl (C=O) groups is 1. The molecule has 5 heteroatoms. The Morgan fingerprint density at radius 2 is 2.25 bits per heavy atom. The van der Waals surface area contributed by atoms with E-state index in [4.69, 9.17) is 11.6 Å². The lowest BCUT2D eigenvalue weighted by Gasteiger charge is -2.14. The molecule has 0 aromatic carbocycles. The Morgan fingerprint density at radius 1 is 1.56 bits per heavy atom. The van der Waals surface area contributed by atoms with E-state index < -0.39 is 6.10 Å². The molecule has 0 aliphatic heterocycles. The van der Waals surface area contributed by atoms with Crippen LogP contribution in [-0.2, 0) is 0 Å². The molecule has 0 saturated heterocycles. The van der Waals surface area contributed by atoms with Gasteiger partial charge in [0, 0.05) is 6.54 Å². The second kappa shape index (κ2) is 5.82. The molecule has 0 aliphatic rings. The average Bonchev–Trinajstić information content (AvgIpc) is 2.25. The minimum absolute atomic E-state index is 0.104. The van der Waals surface area contributed by atoms with Crippen molar-refractivity contribution in [2.75, 3.05) is 6.54 Å². The molecule has 1 aromatic heterocycles. The number of hydrogen-bond donors (Lipinski definition) is 2. The smallest absolute Gasteiger partial charge is 0.270 e. The molecule has 1 rings (SSSR count). The minimum Gasteiger partial charge on any atom is -0.391 e. The molecular weight excluding hydrogens is 228 g/mol. The van der Waals surface area contributed by atoms with Gasteiger partial charge in [-0.1, -0.05) is 31.5 Å². The van der Waals surface area contributed by atoms with Crippen LogP contribution in [0.1, 0.15) is 24.3 Å². The number of carbonyl (C=O) groups excluding carboxylic acids is 1. The number of nitrogens with zero attached hydrogens (tertiary/aromatic N) is 1. The second-order valence-electron chi connectivity index (χ2n) is 3.87. The lowest BCUT2D eigenvalue weighted by atomic mass is 10.1. The van der Waals surface area contributed by atoms with Crippen molar-refractivity contribution in [2.45, 2.75) is 20.0 Å². The quantitative estimate of drug-likeness (QED) is 0.787. The molecule has 0 aliphatic carbocycles. The van der Waals surface area contributed by atoms with Crippen molar-refractivity contribution in [1.82, 2.24) is 10.3 Å². The van der Waals surface area contributed by atoms with Crippen LogP contribution in [0.3, 0.4) is 0 Å². The molecule has 88 valence electrons. The Labute approximate surface area is 99.6 Å². The second-order valence-corrected chi connectivity index (χ2v) is 4.25. The van der Waals surface area contributed by atoms with Gasteiger partial charge in [-0.15, -0.1) is 0 Å². The van der Waals surface area contributed by atoms with E-state index in [0.29, 0.717) is 0 Å². The number of aliphatic hydroxyl groups is 1. The van der Waals surface area contributed by atoms with Crippen LogP contribution in [0.15, 0.2) is 18.2 Å². The Hall–Kier alpha value is -1.13. The van der Waals surface area contributed by atoms with E-state index in [-0.39, 0.29) is 29.2 Å². The summed E-state index contributed by atoms with van der Waals surface area (Å²) in [6, 6.07) is 4.83. The van der Waals surface area contributed by atoms with Crippen LogP contribution >= 0.6 is 11.6 Å². The summed E-state index contributed by atoms with van der Waals surface area (Å²) in [6.07, 6.45) is -0.553. The van der Waals surface area contributed by atoms with Crippen molar-refractivity contribution < 1.29 is 9.90 Å². The lowest BCUT2D eigenvalue weighted by Crippen LogP contribution is -2.35. The van der Waals surface area contributed by atoms with Gasteiger partial charge >= 0.3 is 0 Å². The standard InChI is InChI=1S/C11H15ClN2O2/c1-7(2)9(15)6-13-11(16)8-4-3-5-10(12)14-8/h3-5,7,9,15H,6H2,1-2H3,(H,13,16). The molecule has 1 unspecified atom stereocenters. The van der Waals surface area contributed by atoms with Gasteiger partial charge < -0.3 is 10.4 Å². The lowest BCUT2D eigenvalue weighted by molar-refractivity contribution is 0.0867. The maximum Gasteiger partial charge on any atom is 0.270 e. The number of aliphatic hydroxyl groups excluding tert-OH is 1. The highest BCUT2D eigenvalue weighted by molar-refractivity contribution is 6.29. The topological polar surface area (TPSA) is 62.2 Å². The van der Waals surface area contributed by atoms with Crippen LogP contribution in [-0.4, -0.2) is 28.6 Å². The predicted octanol–water partition coefficient (Wildman–Crippen LogP) is 1.48. The van der Waals surface area contributed by atoms with Crippen LogP contribution < -0.4 is 5.32 Å². The Balaban J connectivity index is 2.53. The number of rotatable bonds is 4. The molecule has 0 bridgehead atoms. The summed E-state index contributed by atoms with van der Waals surface area (Å²) in [5.74, 6) is -0.227. The van der Waals surface area contributed by atoms with Crippen molar-refractivity contribution in [3.05, 3.63) is 29.0 Å². The summed E-state index contributed by atoms with van der Waals surface area (Å²) < 4.78 is 0. The first-order chi connectivity index (χ1) is 7.50. The highest BCUT2D eigenvalue weighted by Gasteiger charge is 2.12. The van der Waals surface area contributed by atoms with Gasteiger partial charge in [-0.3, -0.25) is 4.79 Å². The third kappa shape index (κ3) is 3.79. The van der Waals surface area contributed by atoms with Crippen molar-refractivity contribution in [3.63, 3.8) is 0 Å². The molecule has 1 heterocycles. The first-order valence-electron chi connectivity index (χ1n) is 5.09. The van der Waals surface area contributed by atoms with E-state index in [9.17, 15) is 9.90 Å². The van der Waals surface area contributed by atoms with Gasteiger partial charge in [0.2, 0.25) is 0 Å². The molecule has 0 saturated carbocycles. The van der Waals surface area contributed by atoms with E-state index in [1.54, 1.807) is 18.2 Å². The summed E-state index contributed by atoms with van der Waals surface area (Å²) in [5.41, 5.74) is 0.253. The molecule has 0 spiro atoms. The Morgan fingerprint density at radius 3 is 2.81 bits per heavy atom. The van der Waals surface area contributed by atoms with E-state index in [2.05, 4.69) is 10.3 Å². The zero-order valence-electron chi connectivity index (χ0n) is 9.27. The third-order valence-electron chi connectivity index (χ3n) is 2.19. The molecular formula is C11H15ClN2O2. The summed E-state index contributed by atoms with van der Waals surface area (Å²) in [4.78, 5) is 15.4. The van der Waals surface area contributed by atoms with Gasteiger partial charge in [0.05, 0.1) is 6.10 Å². The van der Waals surface area contributed by atoms with Crippen molar-refractivity contribution in [2.24, 2.45) is 5.92 Å². The van der Waals surface area contributed by atoms with E-state index in [1.807, 2.05) is 13.8 Å². The molecule has 0 fully saturated rings. The van der Waals surface area contributed by atoms with Gasteiger partial charge in [-0.2, -0.15) is 0 Å². The normalized spacial score (nSPS) is 12.6. The fourth-order valence-electron chi connectivity index (χ4n) is 1.06. The van der Waals surface area contributed by atoms with Crippen molar-refractivity contribution in [3.8, 4) is 0 Å². The van der Waals surface area contributed by atoms with E-state index >= 15 is 0 Å². The number of amides is 1. The molecule has 2 N–H and O–H groups in total. The largest absolute Gasteiger partial charge is 0.391 e. The summed E-state index contributed by atoms with van der Waals surface area (Å²) in [7, 11) is 0. The van der Waals surface area contributed by atoms with Crippen LogP contribution in [0.5, 0.6) is 0 Å². The SMILES string of the molecule is CC(C)C(O)CNC(=O)c1cccc(Cl)n1. The van der Waals surface area contributed by atoms with E-state index in [1.165, 1.54) is 0 Å². The summed E-state index contributed by atoms with van der Waals surface area (Å²) in [5, 5.41) is 12.4. The summed E-state index contributed by atoms with van der Waals surface area (Å²) in [6.45, 7) is 3.98. The molecule has 0 radical (unpaired) electrons. The molecule has 1 amide bonds. The monoisotopic (exact) mass is 242 g/mol. The predicted molar refractivity (Wildman–Crippen MR) is 62.4 cm³/mol. The number of aromatic nitrogens is 1. The first kappa shape index (κ1) is 12.9. The minimum atomic E-state index is -0.553. The van der Waals surface area contributed by atoms with Gasteiger partial charge in [0.1, 0.15) is 10.8 Å². The maximum atomic E-state index is 11.6. The van der Waals surface area contributed by atoms with Gasteiger partial charge in [-0.05, 0) is 18.1 Å². The highest BCUT2D eigenvalue weighted by Crippen LogP contribution is 2.05. The fraction of sp³-hybridized carbons (Fsp3) is 0.455. The number of pyridine rings is 1. The number of nitrogens with one attached hydrogen (secondary N) is 1. The van der Waals surface area contributed by atoms with E-state index in [0.717, 1.165) is 0 Å². The number of halogens is 1. The zero-order valence-corrected chi connectivity index (χ0v) is 10.0. The van der Waals surface area contributed by atoms with Crippen LogP contribution in [0.4, 0.5) is 0 Å². The van der Waals surface area contributed by atoms with Crippen LogP contribution in [0.2, 0.25) is 5.15 Å². The van der Waals surface area contributed by atoms with Crippen molar-refractivity contribution >= 4 is 17.5 Å². The van der Waals surface area contributed by atoms with Gasteiger partial charge in [-0.25, -0.2) is 4.98 Å². The third-order valence-corrected chi connectivity index (χ3v) is 2.40. The van der Waals surface area contributed by atoms with Gasteiger partial charge in [0.15, 0.2) is 0 Å². The molecule has 1 atom stereocenters. The Bertz CT molecular complexity index is 369. The maximum absolute atomic E-state index is 11.6. The van der Waals surface area contributed by atoms with Crippen LogP contribution in [0, 0.1) is 5.92 Å². The summed E-state index contributed by atoms with van der Waals surface area (Å²) >= 11 is 5.66. The average molecular weight is 243 g/mol. The van der Waals surface area contributed by atoms with Crippen molar-refractivity contribution in [1.29, 1.82) is 0 Å². The molecule has 16 heavy (non-hydrogen) atoms. The highest BCUT2D eigenvalue weighted by atomic mass is 35.5. The van der Waals surface area contributed by atoms with Gasteiger partial charge in [0.25, 0.3) is 5.91 Å². The fourth-order valence-corrected chi connectivity index (χ4v) is 1.22. The first-order valence-corrected chi connectivity index (χ1v) is 5.47.